The molecule has 0 radical (unpaired) electrons. The van der Waals surface area contributed by atoms with Crippen molar-refractivity contribution in [3.8, 4) is 11.3 Å². The predicted molar refractivity (Wildman–Crippen MR) is 96.1 cm³/mol. The van der Waals surface area contributed by atoms with Crippen molar-refractivity contribution in [1.29, 1.82) is 0 Å². The second-order valence-corrected chi connectivity index (χ2v) is 5.98. The third kappa shape index (κ3) is 3.16. The summed E-state index contributed by atoms with van der Waals surface area (Å²) in [5, 5.41) is 8.28. The second-order valence-electron chi connectivity index (χ2n) is 5.98. The fourth-order valence-corrected chi connectivity index (χ4v) is 3.09. The Morgan fingerprint density at radius 2 is 1.75 bits per heavy atom. The van der Waals surface area contributed by atoms with E-state index in [1.54, 1.807) is 0 Å². The highest BCUT2D eigenvalue weighted by Gasteiger charge is 2.19. The molecule has 5 heteroatoms. The topological polar surface area (TPSA) is 46.0 Å². The van der Waals surface area contributed by atoms with Gasteiger partial charge in [-0.15, -0.1) is 0 Å². The lowest BCUT2D eigenvalue weighted by Gasteiger charge is -2.29. The molecule has 3 heterocycles. The van der Waals surface area contributed by atoms with Gasteiger partial charge >= 0.3 is 0 Å². The maximum atomic E-state index is 4.87. The number of piperazine rings is 1. The zero-order valence-corrected chi connectivity index (χ0v) is 13.6. The van der Waals surface area contributed by atoms with Crippen LogP contribution in [0.1, 0.15) is 5.69 Å². The van der Waals surface area contributed by atoms with Gasteiger partial charge in [-0.3, -0.25) is 9.67 Å². The number of anilines is 1. The standard InChI is InChI=1S/C19H21N5/c1-2-6-16(7-3-1)19-18(23-12-10-20-11-13-23)15-24(22-19)14-17-8-4-5-9-21-17/h1-9,15,20H,10-14H2. The van der Waals surface area contributed by atoms with Crippen molar-refractivity contribution in [3.63, 3.8) is 0 Å². The lowest BCUT2D eigenvalue weighted by molar-refractivity contribution is 0.589. The third-order valence-electron chi connectivity index (χ3n) is 4.30. The van der Waals surface area contributed by atoms with Crippen molar-refractivity contribution in [2.24, 2.45) is 0 Å². The van der Waals surface area contributed by atoms with Gasteiger partial charge in [0.1, 0.15) is 5.69 Å². The molecule has 122 valence electrons. The molecular weight excluding hydrogens is 298 g/mol. The third-order valence-corrected chi connectivity index (χ3v) is 4.30. The molecule has 0 amide bonds. The molecular formula is C19H21N5. The molecule has 1 saturated heterocycles. The minimum Gasteiger partial charge on any atom is -0.366 e. The molecule has 3 aromatic rings. The number of pyridine rings is 1. The highest BCUT2D eigenvalue weighted by molar-refractivity contribution is 5.74. The van der Waals surface area contributed by atoms with Gasteiger partial charge in [0.2, 0.25) is 0 Å². The van der Waals surface area contributed by atoms with Crippen molar-refractivity contribution in [3.05, 3.63) is 66.6 Å². The number of nitrogens with one attached hydrogen (secondary N) is 1. The lowest BCUT2D eigenvalue weighted by atomic mass is 10.1. The number of hydrogen-bond donors (Lipinski definition) is 1. The number of rotatable bonds is 4. The van der Waals surface area contributed by atoms with Crippen LogP contribution >= 0.6 is 0 Å². The molecule has 5 nitrogen and oxygen atoms in total. The molecule has 1 aliphatic heterocycles. The van der Waals surface area contributed by atoms with E-state index in [4.69, 9.17) is 5.10 Å². The first-order valence-electron chi connectivity index (χ1n) is 8.38. The van der Waals surface area contributed by atoms with Crippen LogP contribution in [0, 0.1) is 0 Å². The Balaban J connectivity index is 1.70. The van der Waals surface area contributed by atoms with Crippen molar-refractivity contribution < 1.29 is 0 Å². The summed E-state index contributed by atoms with van der Waals surface area (Å²) in [6.45, 7) is 4.73. The molecule has 4 rings (SSSR count). The lowest BCUT2D eigenvalue weighted by Crippen LogP contribution is -2.43. The van der Waals surface area contributed by atoms with Gasteiger partial charge in [0.05, 0.1) is 17.9 Å². The molecule has 1 aromatic carbocycles. The summed E-state index contributed by atoms with van der Waals surface area (Å²) in [6, 6.07) is 16.4. The Hall–Kier alpha value is -2.66. The van der Waals surface area contributed by atoms with Crippen LogP contribution in [-0.2, 0) is 6.54 Å². The maximum absolute atomic E-state index is 4.87. The van der Waals surface area contributed by atoms with Crippen molar-refractivity contribution in [2.75, 3.05) is 31.1 Å². The van der Waals surface area contributed by atoms with Gasteiger partial charge in [0, 0.05) is 44.1 Å². The summed E-state index contributed by atoms with van der Waals surface area (Å²) in [4.78, 5) is 6.83. The fraction of sp³-hybridized carbons (Fsp3) is 0.263. The van der Waals surface area contributed by atoms with Gasteiger partial charge in [-0.05, 0) is 12.1 Å². The van der Waals surface area contributed by atoms with E-state index in [2.05, 4.69) is 45.7 Å². The molecule has 0 atom stereocenters. The monoisotopic (exact) mass is 319 g/mol. The van der Waals surface area contributed by atoms with Crippen LogP contribution in [0.2, 0.25) is 0 Å². The largest absolute Gasteiger partial charge is 0.366 e. The van der Waals surface area contributed by atoms with Gasteiger partial charge in [0.25, 0.3) is 0 Å². The van der Waals surface area contributed by atoms with Crippen LogP contribution in [-0.4, -0.2) is 40.9 Å². The van der Waals surface area contributed by atoms with E-state index in [1.807, 2.05) is 35.1 Å². The van der Waals surface area contributed by atoms with Gasteiger partial charge in [-0.25, -0.2) is 0 Å². The number of hydrogen-bond acceptors (Lipinski definition) is 4. The van der Waals surface area contributed by atoms with E-state index in [0.29, 0.717) is 6.54 Å². The van der Waals surface area contributed by atoms with E-state index in [9.17, 15) is 0 Å². The van der Waals surface area contributed by atoms with Crippen LogP contribution in [0.4, 0.5) is 5.69 Å². The first kappa shape index (κ1) is 14.9. The molecule has 0 aliphatic carbocycles. The van der Waals surface area contributed by atoms with Crippen LogP contribution in [0.25, 0.3) is 11.3 Å². The Bertz CT molecular complexity index is 776. The van der Waals surface area contributed by atoms with E-state index in [1.165, 1.54) is 5.69 Å². The highest BCUT2D eigenvalue weighted by Crippen LogP contribution is 2.30. The quantitative estimate of drug-likeness (QED) is 0.802. The van der Waals surface area contributed by atoms with E-state index in [-0.39, 0.29) is 0 Å². The maximum Gasteiger partial charge on any atom is 0.116 e. The van der Waals surface area contributed by atoms with Crippen LogP contribution in [0.15, 0.2) is 60.9 Å². The fourth-order valence-electron chi connectivity index (χ4n) is 3.09. The van der Waals surface area contributed by atoms with Crippen molar-refractivity contribution in [2.45, 2.75) is 6.54 Å². The van der Waals surface area contributed by atoms with E-state index < -0.39 is 0 Å². The van der Waals surface area contributed by atoms with Gasteiger partial charge in [-0.2, -0.15) is 5.10 Å². The molecule has 24 heavy (non-hydrogen) atoms. The van der Waals surface area contributed by atoms with Crippen LogP contribution < -0.4 is 10.2 Å². The normalized spacial score (nSPS) is 14.8. The Morgan fingerprint density at radius 3 is 2.50 bits per heavy atom. The van der Waals surface area contributed by atoms with Gasteiger partial charge in [0.15, 0.2) is 0 Å². The zero-order valence-electron chi connectivity index (χ0n) is 13.6. The first-order chi connectivity index (χ1) is 11.9. The first-order valence-corrected chi connectivity index (χ1v) is 8.38. The summed E-state index contributed by atoms with van der Waals surface area (Å²) >= 11 is 0. The predicted octanol–water partition coefficient (Wildman–Crippen LogP) is 2.40. The number of aromatic nitrogens is 3. The zero-order chi connectivity index (χ0) is 16.2. The van der Waals surface area contributed by atoms with Crippen molar-refractivity contribution >= 4 is 5.69 Å². The second kappa shape index (κ2) is 6.84. The smallest absolute Gasteiger partial charge is 0.116 e. The van der Waals surface area contributed by atoms with Crippen molar-refractivity contribution in [1.82, 2.24) is 20.1 Å². The molecule has 0 unspecified atom stereocenters. The minimum atomic E-state index is 0.687. The summed E-state index contributed by atoms with van der Waals surface area (Å²) in [5.74, 6) is 0. The number of nitrogens with zero attached hydrogens (tertiary/aromatic N) is 4. The Labute approximate surface area is 142 Å². The summed E-state index contributed by atoms with van der Waals surface area (Å²) in [7, 11) is 0. The summed E-state index contributed by atoms with van der Waals surface area (Å²) in [5.41, 5.74) is 4.43. The molecule has 1 fully saturated rings. The van der Waals surface area contributed by atoms with Crippen LogP contribution in [0.3, 0.4) is 0 Å². The molecule has 1 N–H and O–H groups in total. The average Bonchev–Trinajstić information content (AvgIpc) is 3.08. The summed E-state index contributed by atoms with van der Waals surface area (Å²) in [6.07, 6.45) is 3.98. The summed E-state index contributed by atoms with van der Waals surface area (Å²) < 4.78 is 2.00. The molecule has 2 aromatic heterocycles. The van der Waals surface area contributed by atoms with Crippen LogP contribution in [0.5, 0.6) is 0 Å². The molecule has 0 bridgehead atoms. The SMILES string of the molecule is c1ccc(-c2nn(Cc3ccccn3)cc2N2CCNCC2)cc1. The minimum absolute atomic E-state index is 0.687. The average molecular weight is 319 g/mol. The Kier molecular flexibility index (Phi) is 4.25. The molecule has 1 aliphatic rings. The molecule has 0 saturated carbocycles. The number of benzene rings is 1. The Morgan fingerprint density at radius 1 is 0.958 bits per heavy atom. The van der Waals surface area contributed by atoms with Gasteiger partial charge in [-0.1, -0.05) is 36.4 Å². The van der Waals surface area contributed by atoms with E-state index >= 15 is 0 Å². The molecule has 0 spiro atoms. The van der Waals surface area contributed by atoms with Gasteiger partial charge < -0.3 is 10.2 Å². The highest BCUT2D eigenvalue weighted by atomic mass is 15.3. The van der Waals surface area contributed by atoms with E-state index in [0.717, 1.165) is 43.1 Å².